The second kappa shape index (κ2) is 10.8. The van der Waals surface area contributed by atoms with Crippen LogP contribution in [0.3, 0.4) is 0 Å². The molecule has 0 bridgehead atoms. The number of methoxy groups -OCH3 is 2. The van der Waals surface area contributed by atoms with Crippen LogP contribution in [0.1, 0.15) is 11.1 Å². The van der Waals surface area contributed by atoms with Gasteiger partial charge in [-0.3, -0.25) is 0 Å². The normalized spacial score (nSPS) is 10.8. The Morgan fingerprint density at radius 1 is 0.865 bits per heavy atom. The zero-order valence-corrected chi connectivity index (χ0v) is 22.5. The van der Waals surface area contributed by atoms with E-state index in [1.807, 2.05) is 72.8 Å². The molecule has 2 heterocycles. The Labute approximate surface area is 228 Å². The summed E-state index contributed by atoms with van der Waals surface area (Å²) in [6, 6.07) is 25.4. The summed E-state index contributed by atoms with van der Waals surface area (Å²) < 4.78 is 13.1. The number of rotatable bonds is 8. The van der Waals surface area contributed by atoms with Crippen LogP contribution in [0.15, 0.2) is 78.9 Å². The van der Waals surface area contributed by atoms with Gasteiger partial charge < -0.3 is 14.4 Å². The number of halogens is 1. The first-order valence-corrected chi connectivity index (χ1v) is 12.6. The highest BCUT2D eigenvalue weighted by Crippen LogP contribution is 2.28. The molecule has 0 atom stereocenters. The largest absolute Gasteiger partial charge is 0.497 e. The first-order valence-electron chi connectivity index (χ1n) is 11.5. The Hall–Kier alpha value is -4.17. The van der Waals surface area contributed by atoms with Crippen LogP contribution in [0.4, 0.5) is 11.6 Å². The third-order valence-electron chi connectivity index (χ3n) is 5.90. The molecule has 0 saturated carbocycles. The van der Waals surface area contributed by atoms with Crippen molar-refractivity contribution in [3.05, 3.63) is 105 Å². The molecular formula is C28H23IN6O2. The van der Waals surface area contributed by atoms with E-state index in [0.717, 1.165) is 33.9 Å². The second-order valence-corrected chi connectivity index (χ2v) is 9.27. The number of hydrogen-bond donors (Lipinski definition) is 0. The summed E-state index contributed by atoms with van der Waals surface area (Å²) in [6.07, 6.45) is 0. The van der Waals surface area contributed by atoms with Crippen molar-refractivity contribution in [3.8, 4) is 22.8 Å². The SMILES string of the molecule is [C-]#[N+]c1cccc(-c2cc3nc(I)nn3c(N(Cc3ccc(OC)cc3)Cc3ccc(OC)cc3)n2)c1. The zero-order chi connectivity index (χ0) is 25.8. The number of nitrogens with zero attached hydrogens (tertiary/aromatic N) is 6. The van der Waals surface area contributed by atoms with E-state index in [-0.39, 0.29) is 0 Å². The zero-order valence-electron chi connectivity index (χ0n) is 20.3. The predicted octanol–water partition coefficient (Wildman–Crippen LogP) is 6.17. The van der Waals surface area contributed by atoms with E-state index < -0.39 is 0 Å². The molecule has 37 heavy (non-hydrogen) atoms. The number of ether oxygens (including phenoxy) is 2. The topological polar surface area (TPSA) is 69.1 Å². The number of fused-ring (bicyclic) bond motifs is 1. The van der Waals surface area contributed by atoms with Crippen LogP contribution in [0.5, 0.6) is 11.5 Å². The van der Waals surface area contributed by atoms with Gasteiger partial charge in [-0.1, -0.05) is 42.5 Å². The molecule has 9 heteroatoms. The Kier molecular flexibility index (Phi) is 7.18. The molecule has 0 saturated heterocycles. The average molecular weight is 602 g/mol. The maximum Gasteiger partial charge on any atom is 0.229 e. The maximum absolute atomic E-state index is 7.41. The quantitative estimate of drug-likeness (QED) is 0.156. The van der Waals surface area contributed by atoms with Gasteiger partial charge in [-0.25, -0.2) is 14.8 Å². The first-order chi connectivity index (χ1) is 18.1. The van der Waals surface area contributed by atoms with E-state index in [2.05, 4.69) is 42.4 Å². The van der Waals surface area contributed by atoms with Gasteiger partial charge >= 0.3 is 0 Å². The molecule has 5 aromatic rings. The van der Waals surface area contributed by atoms with Crippen molar-refractivity contribution in [2.75, 3.05) is 19.1 Å². The van der Waals surface area contributed by atoms with Crippen LogP contribution in [0.2, 0.25) is 0 Å². The second-order valence-electron chi connectivity index (χ2n) is 8.31. The summed E-state index contributed by atoms with van der Waals surface area (Å²) in [7, 11) is 3.32. The molecule has 2 aromatic heterocycles. The van der Waals surface area contributed by atoms with Crippen LogP contribution in [-0.4, -0.2) is 33.8 Å². The lowest BCUT2D eigenvalue weighted by molar-refractivity contribution is 0.414. The third kappa shape index (κ3) is 5.49. The van der Waals surface area contributed by atoms with Crippen molar-refractivity contribution in [1.82, 2.24) is 19.6 Å². The summed E-state index contributed by atoms with van der Waals surface area (Å²) in [6.45, 7) is 8.57. The Morgan fingerprint density at radius 3 is 2.05 bits per heavy atom. The van der Waals surface area contributed by atoms with Crippen molar-refractivity contribution in [1.29, 1.82) is 0 Å². The van der Waals surface area contributed by atoms with E-state index in [1.54, 1.807) is 24.8 Å². The van der Waals surface area contributed by atoms with Crippen molar-refractivity contribution < 1.29 is 9.47 Å². The summed E-state index contributed by atoms with van der Waals surface area (Å²) in [5.74, 6) is 2.26. The Morgan fingerprint density at radius 2 is 1.49 bits per heavy atom. The van der Waals surface area contributed by atoms with Gasteiger partial charge in [0.25, 0.3) is 0 Å². The molecule has 8 nitrogen and oxygen atoms in total. The smallest absolute Gasteiger partial charge is 0.229 e. The van der Waals surface area contributed by atoms with E-state index >= 15 is 0 Å². The van der Waals surface area contributed by atoms with Crippen LogP contribution in [0.25, 0.3) is 21.7 Å². The molecule has 0 aliphatic heterocycles. The van der Waals surface area contributed by atoms with Gasteiger partial charge in [0.15, 0.2) is 11.3 Å². The predicted molar refractivity (Wildman–Crippen MR) is 151 cm³/mol. The maximum atomic E-state index is 7.41. The number of hydrogen-bond acceptors (Lipinski definition) is 6. The standard InChI is InChI=1S/C28H23IN6O2/c1-30-22-6-4-5-21(15-22)25-16-26-32-27(29)33-35(26)28(31-25)34(17-19-7-11-23(36-2)12-8-19)18-20-9-13-24(37-3)14-10-20/h4-16H,17-18H2,2-3H3. The van der Waals surface area contributed by atoms with E-state index in [0.29, 0.717) is 34.2 Å². The van der Waals surface area contributed by atoms with Gasteiger partial charge in [-0.05, 0) is 47.0 Å². The first kappa shape index (κ1) is 24.5. The lowest BCUT2D eigenvalue weighted by Crippen LogP contribution is -2.26. The number of benzene rings is 3. The molecule has 0 amide bonds. The fourth-order valence-corrected chi connectivity index (χ4v) is 4.50. The van der Waals surface area contributed by atoms with Crippen LogP contribution >= 0.6 is 22.6 Å². The van der Waals surface area contributed by atoms with Gasteiger partial charge in [-0.15, -0.1) is 5.10 Å². The molecule has 0 spiro atoms. The lowest BCUT2D eigenvalue weighted by atomic mass is 10.1. The number of anilines is 1. The molecule has 3 aromatic carbocycles. The average Bonchev–Trinajstić information content (AvgIpc) is 3.33. The summed E-state index contributed by atoms with van der Waals surface area (Å²) in [5.41, 5.74) is 5.02. The minimum atomic E-state index is 0.560. The third-order valence-corrected chi connectivity index (χ3v) is 6.36. The van der Waals surface area contributed by atoms with Gasteiger partial charge in [0.1, 0.15) is 11.5 Å². The molecule has 0 unspecified atom stereocenters. The molecule has 0 N–H and O–H groups in total. The summed E-state index contributed by atoms with van der Waals surface area (Å²) in [5, 5.41) is 4.64. The fraction of sp³-hybridized carbons (Fsp3) is 0.143. The molecule has 0 aliphatic rings. The minimum absolute atomic E-state index is 0.560. The summed E-state index contributed by atoms with van der Waals surface area (Å²) >= 11 is 2.12. The fourth-order valence-electron chi connectivity index (χ4n) is 4.04. The molecule has 0 fully saturated rings. The van der Waals surface area contributed by atoms with Crippen LogP contribution in [-0.2, 0) is 13.1 Å². The van der Waals surface area contributed by atoms with Crippen LogP contribution in [0, 0.1) is 10.4 Å². The van der Waals surface area contributed by atoms with Crippen molar-refractivity contribution in [2.45, 2.75) is 13.1 Å². The van der Waals surface area contributed by atoms with Gasteiger partial charge in [0, 0.05) is 41.7 Å². The lowest BCUT2D eigenvalue weighted by Gasteiger charge is -2.25. The molecule has 184 valence electrons. The monoisotopic (exact) mass is 602 g/mol. The van der Waals surface area contributed by atoms with Gasteiger partial charge in [0.2, 0.25) is 9.78 Å². The van der Waals surface area contributed by atoms with Crippen LogP contribution < -0.4 is 14.4 Å². The van der Waals surface area contributed by atoms with E-state index in [1.165, 1.54) is 0 Å². The van der Waals surface area contributed by atoms with E-state index in [4.69, 9.17) is 21.0 Å². The molecule has 0 radical (unpaired) electrons. The van der Waals surface area contributed by atoms with Crippen molar-refractivity contribution >= 4 is 39.9 Å². The summed E-state index contributed by atoms with van der Waals surface area (Å²) in [4.78, 5) is 15.4. The highest BCUT2D eigenvalue weighted by atomic mass is 127. The van der Waals surface area contributed by atoms with Crippen molar-refractivity contribution in [3.63, 3.8) is 0 Å². The van der Waals surface area contributed by atoms with Crippen molar-refractivity contribution in [2.24, 2.45) is 0 Å². The molecule has 5 rings (SSSR count). The molecular weight excluding hydrogens is 579 g/mol. The Balaban J connectivity index is 1.63. The highest BCUT2D eigenvalue weighted by Gasteiger charge is 2.19. The van der Waals surface area contributed by atoms with Gasteiger partial charge in [-0.2, -0.15) is 4.52 Å². The minimum Gasteiger partial charge on any atom is -0.497 e. The van der Waals surface area contributed by atoms with E-state index in [9.17, 15) is 0 Å². The molecule has 0 aliphatic carbocycles. The number of aromatic nitrogens is 4. The highest BCUT2D eigenvalue weighted by molar-refractivity contribution is 14.1. The Bertz CT molecular complexity index is 1530. The van der Waals surface area contributed by atoms with Gasteiger partial charge in [0.05, 0.1) is 26.5 Å².